The molecule has 0 saturated carbocycles. The quantitative estimate of drug-likeness (QED) is 0.869. The lowest BCUT2D eigenvalue weighted by molar-refractivity contribution is 0.0692. The van der Waals surface area contributed by atoms with Gasteiger partial charge in [-0.3, -0.25) is 4.90 Å². The van der Waals surface area contributed by atoms with Crippen molar-refractivity contribution in [2.45, 2.75) is 38.1 Å². The molecule has 3 aliphatic rings. The van der Waals surface area contributed by atoms with Gasteiger partial charge in [0.25, 0.3) is 0 Å². The summed E-state index contributed by atoms with van der Waals surface area (Å²) in [5.41, 5.74) is 1.33. The zero-order valence-electron chi connectivity index (χ0n) is 13.3. The minimum absolute atomic E-state index is 0.541. The zero-order valence-corrected chi connectivity index (χ0v) is 13.3. The molecule has 4 atom stereocenters. The fourth-order valence-electron chi connectivity index (χ4n) is 4.79. The van der Waals surface area contributed by atoms with Crippen molar-refractivity contribution < 1.29 is 4.74 Å². The first kappa shape index (κ1) is 13.8. The highest BCUT2D eigenvalue weighted by Crippen LogP contribution is 2.47. The van der Waals surface area contributed by atoms with Crippen LogP contribution in [0.15, 0.2) is 42.7 Å². The minimum Gasteiger partial charge on any atom is -0.374 e. The van der Waals surface area contributed by atoms with E-state index in [0.29, 0.717) is 12.2 Å². The predicted octanol–water partition coefficient (Wildman–Crippen LogP) is 2.54. The summed E-state index contributed by atoms with van der Waals surface area (Å²) in [6, 6.07) is 10.6. The molecule has 1 aromatic carbocycles. The number of ether oxygens (including phenoxy) is 1. The van der Waals surface area contributed by atoms with E-state index < -0.39 is 0 Å². The van der Waals surface area contributed by atoms with Crippen LogP contribution in [-0.2, 0) is 17.8 Å². The molecule has 0 unspecified atom stereocenters. The molecule has 4 heterocycles. The predicted molar refractivity (Wildman–Crippen MR) is 87.9 cm³/mol. The molecule has 3 aliphatic heterocycles. The van der Waals surface area contributed by atoms with Crippen molar-refractivity contribution in [3.05, 3.63) is 54.1 Å². The van der Waals surface area contributed by atoms with E-state index in [-0.39, 0.29) is 0 Å². The summed E-state index contributed by atoms with van der Waals surface area (Å²) in [6.45, 7) is 4.24. The number of imidazole rings is 1. The van der Waals surface area contributed by atoms with Gasteiger partial charge in [0.05, 0.1) is 18.8 Å². The molecule has 4 heteroatoms. The highest BCUT2D eigenvalue weighted by Gasteiger charge is 2.52. The van der Waals surface area contributed by atoms with Gasteiger partial charge in [-0.25, -0.2) is 4.98 Å². The second-order valence-corrected chi connectivity index (χ2v) is 7.27. The van der Waals surface area contributed by atoms with Gasteiger partial charge in [0.15, 0.2) is 0 Å². The third-order valence-electron chi connectivity index (χ3n) is 5.89. The van der Waals surface area contributed by atoms with Crippen LogP contribution in [0.25, 0.3) is 0 Å². The Labute approximate surface area is 137 Å². The third-order valence-corrected chi connectivity index (χ3v) is 5.89. The minimum atomic E-state index is 0.541. The number of likely N-dealkylation sites (tertiary alicyclic amines) is 1. The molecule has 3 saturated heterocycles. The van der Waals surface area contributed by atoms with Crippen LogP contribution in [0.4, 0.5) is 0 Å². The molecule has 0 radical (unpaired) electrons. The van der Waals surface area contributed by atoms with Crippen LogP contribution in [0.5, 0.6) is 0 Å². The summed E-state index contributed by atoms with van der Waals surface area (Å²) in [6.07, 6.45) is 7.68. The average molecular weight is 309 g/mol. The van der Waals surface area contributed by atoms with Gasteiger partial charge in [-0.2, -0.15) is 0 Å². The smallest absolute Gasteiger partial charge is 0.123 e. The molecule has 0 amide bonds. The van der Waals surface area contributed by atoms with Crippen LogP contribution in [0.2, 0.25) is 0 Å². The summed E-state index contributed by atoms with van der Waals surface area (Å²) in [5.74, 6) is 2.72. The van der Waals surface area contributed by atoms with Crippen molar-refractivity contribution in [2.24, 2.45) is 11.8 Å². The number of nitrogens with zero attached hydrogens (tertiary/aromatic N) is 3. The van der Waals surface area contributed by atoms with Crippen molar-refractivity contribution in [2.75, 3.05) is 13.1 Å². The van der Waals surface area contributed by atoms with E-state index in [1.807, 2.05) is 6.20 Å². The molecular formula is C19H23N3O. The van der Waals surface area contributed by atoms with Crippen LogP contribution in [0.1, 0.15) is 24.2 Å². The molecule has 23 heavy (non-hydrogen) atoms. The van der Waals surface area contributed by atoms with Crippen LogP contribution in [-0.4, -0.2) is 39.7 Å². The topological polar surface area (TPSA) is 30.3 Å². The van der Waals surface area contributed by atoms with Crippen molar-refractivity contribution >= 4 is 0 Å². The van der Waals surface area contributed by atoms with E-state index in [1.54, 1.807) is 0 Å². The van der Waals surface area contributed by atoms with Crippen molar-refractivity contribution in [3.8, 4) is 0 Å². The van der Waals surface area contributed by atoms with E-state index in [4.69, 9.17) is 4.74 Å². The largest absolute Gasteiger partial charge is 0.374 e. The van der Waals surface area contributed by atoms with Gasteiger partial charge in [0.2, 0.25) is 0 Å². The molecule has 120 valence electrons. The normalized spacial score (nSPS) is 32.5. The van der Waals surface area contributed by atoms with E-state index in [2.05, 4.69) is 51.0 Å². The maximum Gasteiger partial charge on any atom is 0.123 e. The first-order valence-corrected chi connectivity index (χ1v) is 8.78. The van der Waals surface area contributed by atoms with Crippen molar-refractivity contribution in [3.63, 3.8) is 0 Å². The highest BCUT2D eigenvalue weighted by molar-refractivity contribution is 5.16. The zero-order chi connectivity index (χ0) is 15.2. The summed E-state index contributed by atoms with van der Waals surface area (Å²) in [7, 11) is 0. The molecule has 0 N–H and O–H groups in total. The second-order valence-electron chi connectivity index (χ2n) is 7.27. The lowest BCUT2D eigenvalue weighted by Crippen LogP contribution is -2.26. The third kappa shape index (κ3) is 2.41. The summed E-state index contributed by atoms with van der Waals surface area (Å²) in [4.78, 5) is 7.20. The Kier molecular flexibility index (Phi) is 3.27. The molecule has 0 spiro atoms. The Morgan fingerprint density at radius 1 is 1.00 bits per heavy atom. The number of fused-ring (bicyclic) bond motifs is 5. The Morgan fingerprint density at radius 3 is 2.48 bits per heavy atom. The molecule has 5 rings (SSSR count). The van der Waals surface area contributed by atoms with Gasteiger partial charge in [-0.15, -0.1) is 0 Å². The Bertz CT molecular complexity index is 665. The Hall–Kier alpha value is -1.65. The second kappa shape index (κ2) is 5.46. The summed E-state index contributed by atoms with van der Waals surface area (Å²) < 4.78 is 8.36. The van der Waals surface area contributed by atoms with Crippen molar-refractivity contribution in [1.82, 2.24) is 14.5 Å². The van der Waals surface area contributed by atoms with Crippen LogP contribution >= 0.6 is 0 Å². The van der Waals surface area contributed by atoms with Gasteiger partial charge in [-0.05, 0) is 18.4 Å². The number of aromatic nitrogens is 2. The number of benzene rings is 1. The van der Waals surface area contributed by atoms with E-state index in [9.17, 15) is 0 Å². The lowest BCUT2D eigenvalue weighted by atomic mass is 9.82. The van der Waals surface area contributed by atoms with Crippen molar-refractivity contribution in [1.29, 1.82) is 0 Å². The number of rotatable bonds is 4. The van der Waals surface area contributed by atoms with Gasteiger partial charge < -0.3 is 9.30 Å². The van der Waals surface area contributed by atoms with Crippen LogP contribution < -0.4 is 0 Å². The van der Waals surface area contributed by atoms with Gasteiger partial charge in [-0.1, -0.05) is 30.3 Å². The number of hydrogen-bond acceptors (Lipinski definition) is 3. The SMILES string of the molecule is c1ccc(Cn2ccnc2CN2C[C@@H]3[C@@H](C2)[C@@H]2CC[C@@H]3O2)cc1. The average Bonchev–Trinajstić information content (AvgIpc) is 3.31. The molecule has 4 nitrogen and oxygen atoms in total. The standard InChI is InChI=1S/C19H23N3O/c1-2-4-14(5-3-1)10-22-9-8-20-19(22)13-21-11-15-16(12-21)18-7-6-17(15)23-18/h1-5,8-9,15-18H,6-7,10-13H2/t15-,16-,17+,18+/m1/s1. The molecule has 3 fully saturated rings. The Balaban J connectivity index is 1.28. The molecule has 1 aromatic heterocycles. The first-order chi connectivity index (χ1) is 11.4. The first-order valence-electron chi connectivity index (χ1n) is 8.78. The van der Waals surface area contributed by atoms with Gasteiger partial charge >= 0.3 is 0 Å². The van der Waals surface area contributed by atoms with Gasteiger partial charge in [0, 0.05) is 43.9 Å². The lowest BCUT2D eigenvalue weighted by Gasteiger charge is -2.18. The fourth-order valence-corrected chi connectivity index (χ4v) is 4.79. The van der Waals surface area contributed by atoms with E-state index in [1.165, 1.54) is 37.3 Å². The summed E-state index contributed by atoms with van der Waals surface area (Å²) >= 11 is 0. The Morgan fingerprint density at radius 2 is 1.74 bits per heavy atom. The van der Waals surface area contributed by atoms with E-state index in [0.717, 1.165) is 24.9 Å². The van der Waals surface area contributed by atoms with Gasteiger partial charge in [0.1, 0.15) is 5.82 Å². The molecule has 2 aromatic rings. The van der Waals surface area contributed by atoms with E-state index >= 15 is 0 Å². The highest BCUT2D eigenvalue weighted by atomic mass is 16.5. The van der Waals surface area contributed by atoms with Crippen LogP contribution in [0.3, 0.4) is 0 Å². The monoisotopic (exact) mass is 309 g/mol. The number of hydrogen-bond donors (Lipinski definition) is 0. The molecule has 2 bridgehead atoms. The summed E-state index contributed by atoms with van der Waals surface area (Å²) in [5, 5.41) is 0. The maximum absolute atomic E-state index is 6.08. The maximum atomic E-state index is 6.08. The van der Waals surface area contributed by atoms with Crippen LogP contribution in [0, 0.1) is 11.8 Å². The molecular weight excluding hydrogens is 286 g/mol. The molecule has 0 aliphatic carbocycles. The fraction of sp³-hybridized carbons (Fsp3) is 0.526.